The Kier molecular flexibility index (Phi) is 9.09. The molecule has 1 atom stereocenters. The molecule has 2 N–H and O–H groups in total. The molecule has 0 bridgehead atoms. The lowest BCUT2D eigenvalue weighted by Gasteiger charge is -2.47. The molecular formula is C18H38N2O2S. The van der Waals surface area contributed by atoms with Gasteiger partial charge in [0.2, 0.25) is 0 Å². The maximum Gasteiger partial charge on any atom is 0.154 e. The summed E-state index contributed by atoms with van der Waals surface area (Å²) in [5, 5.41) is 0. The molecule has 0 aromatic rings. The van der Waals surface area contributed by atoms with Crippen LogP contribution in [0.3, 0.4) is 0 Å². The third kappa shape index (κ3) is 7.10. The molecule has 1 heterocycles. The van der Waals surface area contributed by atoms with E-state index in [0.717, 1.165) is 12.8 Å². The fraction of sp³-hybridized carbons (Fsp3) is 1.00. The van der Waals surface area contributed by atoms with E-state index in [9.17, 15) is 8.42 Å². The second-order valence-electron chi connectivity index (χ2n) is 7.49. The van der Waals surface area contributed by atoms with Crippen LogP contribution >= 0.6 is 0 Å². The first-order chi connectivity index (χ1) is 10.8. The molecule has 4 nitrogen and oxygen atoms in total. The van der Waals surface area contributed by atoms with Gasteiger partial charge in [0, 0.05) is 12.1 Å². The van der Waals surface area contributed by atoms with Crippen LogP contribution in [-0.4, -0.2) is 43.1 Å². The molecule has 1 fully saturated rings. The first kappa shape index (κ1) is 20.9. The minimum Gasteiger partial charge on any atom is -0.315 e. The average molecular weight is 347 g/mol. The Balaban J connectivity index is 2.68. The van der Waals surface area contributed by atoms with Crippen molar-refractivity contribution in [1.29, 1.82) is 0 Å². The van der Waals surface area contributed by atoms with Gasteiger partial charge in [-0.25, -0.2) is 8.42 Å². The average Bonchev–Trinajstić information content (AvgIpc) is 2.47. The van der Waals surface area contributed by atoms with Gasteiger partial charge in [-0.2, -0.15) is 0 Å². The molecule has 0 aromatic carbocycles. The Bertz CT molecular complexity index is 411. The van der Waals surface area contributed by atoms with E-state index >= 15 is 0 Å². The van der Waals surface area contributed by atoms with Crippen molar-refractivity contribution in [3.63, 3.8) is 0 Å². The summed E-state index contributed by atoms with van der Waals surface area (Å²) in [6.07, 6.45) is 11.9. The summed E-state index contributed by atoms with van der Waals surface area (Å²) < 4.78 is 23.7. The van der Waals surface area contributed by atoms with E-state index in [4.69, 9.17) is 5.73 Å². The molecule has 1 unspecified atom stereocenters. The number of unbranched alkanes of at least 4 members (excludes halogenated alkanes) is 6. The lowest BCUT2D eigenvalue weighted by atomic mass is 9.86. The Morgan fingerprint density at radius 3 is 1.96 bits per heavy atom. The molecule has 0 spiro atoms. The zero-order chi connectivity index (χ0) is 17.3. The number of hydrogen-bond donors (Lipinski definition) is 1. The van der Waals surface area contributed by atoms with Crippen molar-refractivity contribution in [2.75, 3.05) is 18.1 Å². The van der Waals surface area contributed by atoms with Crippen molar-refractivity contribution in [3.8, 4) is 0 Å². The molecule has 1 saturated heterocycles. The first-order valence-electron chi connectivity index (χ1n) is 9.57. The van der Waals surface area contributed by atoms with Crippen LogP contribution in [0.25, 0.3) is 0 Å². The molecule has 0 saturated carbocycles. The Labute approximate surface area is 144 Å². The van der Waals surface area contributed by atoms with E-state index in [-0.39, 0.29) is 23.2 Å². The molecular weight excluding hydrogens is 308 g/mol. The minimum atomic E-state index is -2.95. The molecule has 23 heavy (non-hydrogen) atoms. The van der Waals surface area contributed by atoms with Gasteiger partial charge >= 0.3 is 0 Å². The van der Waals surface area contributed by atoms with Crippen LogP contribution in [0.2, 0.25) is 0 Å². The lowest BCUT2D eigenvalue weighted by Crippen LogP contribution is -2.61. The zero-order valence-electron chi connectivity index (χ0n) is 15.5. The summed E-state index contributed by atoms with van der Waals surface area (Å²) in [4.78, 5) is 2.30. The highest BCUT2D eigenvalue weighted by Crippen LogP contribution is 2.31. The van der Waals surface area contributed by atoms with E-state index in [1.54, 1.807) is 0 Å². The van der Waals surface area contributed by atoms with E-state index in [2.05, 4.69) is 25.7 Å². The van der Waals surface area contributed by atoms with Crippen LogP contribution in [0.4, 0.5) is 0 Å². The Hall–Kier alpha value is -0.130. The fourth-order valence-electron chi connectivity index (χ4n) is 3.78. The molecule has 5 heteroatoms. The van der Waals surface area contributed by atoms with Crippen LogP contribution in [0.1, 0.15) is 85.0 Å². The summed E-state index contributed by atoms with van der Waals surface area (Å²) in [5.74, 6) is 0.382. The molecule has 0 amide bonds. The lowest BCUT2D eigenvalue weighted by molar-refractivity contribution is 0.0485. The van der Waals surface area contributed by atoms with E-state index in [0.29, 0.717) is 6.54 Å². The molecule has 0 radical (unpaired) electrons. The summed E-state index contributed by atoms with van der Waals surface area (Å²) in [7, 11) is -2.95. The quantitative estimate of drug-likeness (QED) is 0.579. The van der Waals surface area contributed by atoms with Gasteiger partial charge in [-0.1, -0.05) is 65.2 Å². The summed E-state index contributed by atoms with van der Waals surface area (Å²) in [6.45, 7) is 7.37. The Morgan fingerprint density at radius 1 is 1.00 bits per heavy atom. The first-order valence-corrected chi connectivity index (χ1v) is 11.4. The van der Waals surface area contributed by atoms with Crippen LogP contribution in [0, 0.1) is 0 Å². The molecule has 0 aliphatic carbocycles. The largest absolute Gasteiger partial charge is 0.315 e. The third-order valence-corrected chi connectivity index (χ3v) is 6.95. The highest BCUT2D eigenvalue weighted by molar-refractivity contribution is 7.91. The maximum atomic E-state index is 11.8. The molecule has 1 aliphatic heterocycles. The SMILES string of the molecule is CCCCCCC(C)(CCCCCC)N1CCS(=O)(=O)CC1N. The van der Waals surface area contributed by atoms with Crippen molar-refractivity contribution < 1.29 is 8.42 Å². The van der Waals surface area contributed by atoms with E-state index in [1.807, 2.05) is 0 Å². The van der Waals surface area contributed by atoms with Crippen molar-refractivity contribution in [1.82, 2.24) is 4.90 Å². The molecule has 138 valence electrons. The molecule has 1 rings (SSSR count). The molecule has 1 aliphatic rings. The van der Waals surface area contributed by atoms with E-state index < -0.39 is 9.84 Å². The smallest absolute Gasteiger partial charge is 0.154 e. The fourth-order valence-corrected chi connectivity index (χ4v) is 5.13. The van der Waals surface area contributed by atoms with Gasteiger partial charge in [0.05, 0.1) is 17.7 Å². The van der Waals surface area contributed by atoms with Gasteiger partial charge in [-0.3, -0.25) is 4.90 Å². The highest BCUT2D eigenvalue weighted by atomic mass is 32.2. The van der Waals surface area contributed by atoms with Gasteiger partial charge in [0.25, 0.3) is 0 Å². The second kappa shape index (κ2) is 10.00. The standard InChI is InChI=1S/C18H38N2O2S/c1-4-6-8-10-12-18(3,13-11-9-7-5-2)20-14-15-23(21,22)16-17(20)19/h17H,4-16,19H2,1-3H3. The predicted molar refractivity (Wildman–Crippen MR) is 99.3 cm³/mol. The van der Waals surface area contributed by atoms with Crippen molar-refractivity contribution in [3.05, 3.63) is 0 Å². The summed E-state index contributed by atoms with van der Waals surface area (Å²) >= 11 is 0. The van der Waals surface area contributed by atoms with Crippen LogP contribution in [0.5, 0.6) is 0 Å². The minimum absolute atomic E-state index is 0.0524. The number of nitrogens with zero attached hydrogens (tertiary/aromatic N) is 1. The third-order valence-electron chi connectivity index (χ3n) is 5.30. The van der Waals surface area contributed by atoms with E-state index in [1.165, 1.54) is 51.4 Å². The van der Waals surface area contributed by atoms with Gasteiger partial charge < -0.3 is 5.73 Å². The number of sulfone groups is 1. The molecule has 0 aromatic heterocycles. The van der Waals surface area contributed by atoms with Gasteiger partial charge in [0.15, 0.2) is 9.84 Å². The van der Waals surface area contributed by atoms with Gasteiger partial charge in [-0.15, -0.1) is 0 Å². The van der Waals surface area contributed by atoms with Crippen LogP contribution in [0.15, 0.2) is 0 Å². The van der Waals surface area contributed by atoms with Crippen molar-refractivity contribution in [2.45, 2.75) is 96.7 Å². The number of rotatable bonds is 11. The van der Waals surface area contributed by atoms with Crippen LogP contribution < -0.4 is 5.73 Å². The van der Waals surface area contributed by atoms with Crippen LogP contribution in [-0.2, 0) is 9.84 Å². The Morgan fingerprint density at radius 2 is 1.52 bits per heavy atom. The van der Waals surface area contributed by atoms with Crippen molar-refractivity contribution in [2.24, 2.45) is 5.73 Å². The summed E-state index contributed by atoms with van der Waals surface area (Å²) in [5.41, 5.74) is 6.30. The normalized spacial score (nSPS) is 22.3. The summed E-state index contributed by atoms with van der Waals surface area (Å²) in [6, 6.07) is 0. The highest BCUT2D eigenvalue weighted by Gasteiger charge is 2.39. The van der Waals surface area contributed by atoms with Gasteiger partial charge in [0.1, 0.15) is 0 Å². The number of nitrogens with two attached hydrogens (primary N) is 1. The maximum absolute atomic E-state index is 11.8. The van der Waals surface area contributed by atoms with Crippen molar-refractivity contribution >= 4 is 9.84 Å². The predicted octanol–water partition coefficient (Wildman–Crippen LogP) is 3.70. The zero-order valence-corrected chi connectivity index (χ0v) is 16.3. The topological polar surface area (TPSA) is 63.4 Å². The monoisotopic (exact) mass is 346 g/mol. The second-order valence-corrected chi connectivity index (χ2v) is 9.72. The van der Waals surface area contributed by atoms with Gasteiger partial charge in [-0.05, 0) is 19.8 Å². The number of hydrogen-bond acceptors (Lipinski definition) is 4.